The van der Waals surface area contributed by atoms with Crippen LogP contribution in [0.4, 0.5) is 5.69 Å². The molecular weight excluding hydrogens is 452 g/mol. The van der Waals surface area contributed by atoms with Crippen molar-refractivity contribution in [3.8, 4) is 11.5 Å². The number of carbonyl (C=O) groups is 1. The summed E-state index contributed by atoms with van der Waals surface area (Å²) in [7, 11) is -2.44. The molecule has 1 amide bonds. The van der Waals surface area contributed by atoms with Crippen LogP contribution in [0.25, 0.3) is 0 Å². The largest absolute Gasteiger partial charge is 0.497 e. The molecule has 2 N–H and O–H groups in total. The fourth-order valence-corrected chi connectivity index (χ4v) is 4.46. The highest BCUT2D eigenvalue weighted by atomic mass is 35.5. The normalized spacial score (nSPS) is 11.0. The van der Waals surface area contributed by atoms with Crippen LogP contribution in [-0.4, -0.2) is 28.0 Å². The zero-order chi connectivity index (χ0) is 23.1. The highest BCUT2D eigenvalue weighted by molar-refractivity contribution is 7.92. The number of ether oxygens (including phenoxy) is 2. The number of carbonyl (C=O) groups excluding carboxylic acids is 1. The van der Waals surface area contributed by atoms with Gasteiger partial charge in [-0.1, -0.05) is 23.7 Å². The van der Waals surface area contributed by atoms with Crippen LogP contribution in [0.5, 0.6) is 11.5 Å². The summed E-state index contributed by atoms with van der Waals surface area (Å²) in [6, 6.07) is 17.8. The lowest BCUT2D eigenvalue weighted by Crippen LogP contribution is -2.23. The van der Waals surface area contributed by atoms with E-state index in [1.807, 2.05) is 19.1 Å². The maximum absolute atomic E-state index is 12.9. The second kappa shape index (κ2) is 10.4. The van der Waals surface area contributed by atoms with Crippen molar-refractivity contribution >= 4 is 33.2 Å². The minimum Gasteiger partial charge on any atom is -0.497 e. The Morgan fingerprint density at radius 3 is 2.25 bits per heavy atom. The first-order chi connectivity index (χ1) is 15.3. The molecule has 0 aliphatic carbocycles. The predicted molar refractivity (Wildman–Crippen MR) is 124 cm³/mol. The maximum atomic E-state index is 12.9. The Hall–Kier alpha value is -3.23. The number of sulfonamides is 1. The predicted octanol–water partition coefficient (Wildman–Crippen LogP) is 4.48. The van der Waals surface area contributed by atoms with E-state index >= 15 is 0 Å². The van der Waals surface area contributed by atoms with Gasteiger partial charge >= 0.3 is 0 Å². The number of methoxy groups -OCH3 is 1. The molecule has 0 atom stereocenters. The molecule has 0 aromatic heterocycles. The van der Waals surface area contributed by atoms with E-state index in [4.69, 9.17) is 21.1 Å². The molecule has 0 radical (unpaired) electrons. The Morgan fingerprint density at radius 1 is 0.969 bits per heavy atom. The zero-order valence-corrected chi connectivity index (χ0v) is 19.2. The van der Waals surface area contributed by atoms with Gasteiger partial charge in [-0.05, 0) is 67.1 Å². The van der Waals surface area contributed by atoms with Gasteiger partial charge in [0.15, 0.2) is 0 Å². The Balaban J connectivity index is 1.73. The van der Waals surface area contributed by atoms with E-state index in [0.717, 1.165) is 5.56 Å². The number of rotatable bonds is 9. The molecule has 0 aliphatic rings. The van der Waals surface area contributed by atoms with Crippen molar-refractivity contribution < 1.29 is 22.7 Å². The lowest BCUT2D eigenvalue weighted by atomic mass is 10.2. The second-order valence-electron chi connectivity index (χ2n) is 6.74. The summed E-state index contributed by atoms with van der Waals surface area (Å²) in [6.45, 7) is 2.64. The van der Waals surface area contributed by atoms with Gasteiger partial charge in [0.1, 0.15) is 16.4 Å². The summed E-state index contributed by atoms with van der Waals surface area (Å²) in [4.78, 5) is 12.4. The van der Waals surface area contributed by atoms with Crippen LogP contribution in [0, 0.1) is 0 Å². The number of hydrogen-bond donors (Lipinski definition) is 2. The van der Waals surface area contributed by atoms with E-state index in [1.54, 1.807) is 43.5 Å². The Kier molecular flexibility index (Phi) is 7.61. The van der Waals surface area contributed by atoms with Gasteiger partial charge in [0, 0.05) is 17.8 Å². The van der Waals surface area contributed by atoms with Gasteiger partial charge in [0.25, 0.3) is 15.9 Å². The SMILES string of the molecule is CCOc1ccc(NS(=O)(=O)c2cc(C(=O)NCc3ccc(OC)cc3)ccc2Cl)cc1. The van der Waals surface area contributed by atoms with Crippen LogP contribution in [0.2, 0.25) is 5.02 Å². The molecule has 0 saturated carbocycles. The fraction of sp³-hybridized carbons (Fsp3) is 0.174. The van der Waals surface area contributed by atoms with Crippen LogP contribution >= 0.6 is 11.6 Å². The van der Waals surface area contributed by atoms with Crippen LogP contribution in [0.3, 0.4) is 0 Å². The third-order valence-electron chi connectivity index (χ3n) is 4.51. The lowest BCUT2D eigenvalue weighted by molar-refractivity contribution is 0.0950. The van der Waals surface area contributed by atoms with Gasteiger partial charge < -0.3 is 14.8 Å². The molecule has 0 spiro atoms. The zero-order valence-electron chi connectivity index (χ0n) is 17.6. The van der Waals surface area contributed by atoms with Crippen molar-refractivity contribution in [3.05, 3.63) is 82.9 Å². The van der Waals surface area contributed by atoms with Crippen LogP contribution < -0.4 is 19.5 Å². The van der Waals surface area contributed by atoms with Gasteiger partial charge in [0.2, 0.25) is 0 Å². The average Bonchev–Trinajstić information content (AvgIpc) is 2.79. The molecule has 168 valence electrons. The first kappa shape index (κ1) is 23.4. The van der Waals surface area contributed by atoms with Crippen molar-refractivity contribution in [1.29, 1.82) is 0 Å². The number of benzene rings is 3. The molecule has 0 saturated heterocycles. The average molecular weight is 475 g/mol. The third kappa shape index (κ3) is 5.93. The minimum absolute atomic E-state index is 0.00939. The summed E-state index contributed by atoms with van der Waals surface area (Å²) in [6.07, 6.45) is 0. The summed E-state index contributed by atoms with van der Waals surface area (Å²) in [5, 5.41) is 2.78. The Morgan fingerprint density at radius 2 is 1.62 bits per heavy atom. The van der Waals surface area contributed by atoms with Crippen molar-refractivity contribution in [2.45, 2.75) is 18.4 Å². The van der Waals surface area contributed by atoms with Crippen molar-refractivity contribution in [3.63, 3.8) is 0 Å². The van der Waals surface area contributed by atoms with Crippen LogP contribution in [0.15, 0.2) is 71.6 Å². The van der Waals surface area contributed by atoms with Gasteiger partial charge in [-0.2, -0.15) is 0 Å². The molecule has 0 fully saturated rings. The quantitative estimate of drug-likeness (QED) is 0.477. The highest BCUT2D eigenvalue weighted by Crippen LogP contribution is 2.26. The smallest absolute Gasteiger partial charge is 0.263 e. The van der Waals surface area contributed by atoms with Crippen molar-refractivity contribution in [2.24, 2.45) is 0 Å². The Labute approximate surface area is 192 Å². The highest BCUT2D eigenvalue weighted by Gasteiger charge is 2.20. The lowest BCUT2D eigenvalue weighted by Gasteiger charge is -2.12. The van der Waals surface area contributed by atoms with Gasteiger partial charge in [-0.15, -0.1) is 0 Å². The summed E-state index contributed by atoms with van der Waals surface area (Å²) < 4.78 is 38.7. The monoisotopic (exact) mass is 474 g/mol. The van der Waals surface area contributed by atoms with E-state index in [2.05, 4.69) is 10.0 Å². The molecular formula is C23H23ClN2O5S. The molecule has 0 unspecified atom stereocenters. The number of anilines is 1. The molecule has 32 heavy (non-hydrogen) atoms. The van der Waals surface area contributed by atoms with E-state index in [-0.39, 0.29) is 22.0 Å². The van der Waals surface area contributed by atoms with Crippen LogP contribution in [-0.2, 0) is 16.6 Å². The molecule has 3 aromatic carbocycles. The topological polar surface area (TPSA) is 93.7 Å². The molecule has 0 aliphatic heterocycles. The summed E-state index contributed by atoms with van der Waals surface area (Å²) in [5.41, 5.74) is 1.40. The molecule has 0 heterocycles. The standard InChI is InChI=1S/C23H23ClN2O5S/c1-3-31-20-11-7-18(8-12-20)26-32(28,29)22-14-17(6-13-21(22)24)23(27)25-15-16-4-9-19(30-2)10-5-16/h4-14,26H,3,15H2,1-2H3,(H,25,27). The number of hydrogen-bond acceptors (Lipinski definition) is 5. The van der Waals surface area contributed by atoms with Crippen molar-refractivity contribution in [1.82, 2.24) is 5.32 Å². The second-order valence-corrected chi connectivity index (χ2v) is 8.80. The van der Waals surface area contributed by atoms with E-state index in [0.29, 0.717) is 23.8 Å². The number of amides is 1. The number of nitrogens with one attached hydrogen (secondary N) is 2. The van der Waals surface area contributed by atoms with E-state index in [1.165, 1.54) is 18.2 Å². The minimum atomic E-state index is -4.02. The van der Waals surface area contributed by atoms with E-state index < -0.39 is 15.9 Å². The molecule has 3 rings (SSSR count). The molecule has 0 bridgehead atoms. The summed E-state index contributed by atoms with van der Waals surface area (Å²) in [5.74, 6) is 0.923. The van der Waals surface area contributed by atoms with Gasteiger partial charge in [-0.25, -0.2) is 8.42 Å². The van der Waals surface area contributed by atoms with Crippen molar-refractivity contribution in [2.75, 3.05) is 18.4 Å². The van der Waals surface area contributed by atoms with Gasteiger partial charge in [0.05, 0.1) is 18.7 Å². The first-order valence-electron chi connectivity index (χ1n) is 9.78. The fourth-order valence-electron chi connectivity index (χ4n) is 2.87. The molecule has 7 nitrogen and oxygen atoms in total. The number of halogens is 1. The maximum Gasteiger partial charge on any atom is 0.263 e. The first-order valence-corrected chi connectivity index (χ1v) is 11.6. The molecule has 9 heteroatoms. The van der Waals surface area contributed by atoms with E-state index in [9.17, 15) is 13.2 Å². The summed E-state index contributed by atoms with van der Waals surface area (Å²) >= 11 is 6.14. The van der Waals surface area contributed by atoms with Crippen LogP contribution in [0.1, 0.15) is 22.8 Å². The van der Waals surface area contributed by atoms with Gasteiger partial charge in [-0.3, -0.25) is 9.52 Å². The Bertz CT molecular complexity index is 1180. The third-order valence-corrected chi connectivity index (χ3v) is 6.38. The molecule has 3 aromatic rings.